The smallest absolute Gasteiger partial charge is 0.249 e. The van der Waals surface area contributed by atoms with Gasteiger partial charge in [0.1, 0.15) is 11.9 Å². The molecule has 0 aliphatic heterocycles. The highest BCUT2D eigenvalue weighted by molar-refractivity contribution is 5.79. The van der Waals surface area contributed by atoms with E-state index in [1.807, 2.05) is 0 Å². The van der Waals surface area contributed by atoms with Crippen molar-refractivity contribution < 1.29 is 19.4 Å². The molecule has 0 aromatic carbocycles. The van der Waals surface area contributed by atoms with Crippen molar-refractivity contribution in [3.8, 4) is 0 Å². The molecule has 0 bridgehead atoms. The average molecular weight is 200 g/mol. The van der Waals surface area contributed by atoms with E-state index >= 15 is 0 Å². The third kappa shape index (κ3) is 2.24. The fourth-order valence-corrected chi connectivity index (χ4v) is 0.880. The van der Waals surface area contributed by atoms with Gasteiger partial charge in [0.15, 0.2) is 6.10 Å². The minimum atomic E-state index is -1.74. The zero-order chi connectivity index (χ0) is 10.7. The summed E-state index contributed by atoms with van der Waals surface area (Å²) in [5.41, 5.74) is 4.74. The second kappa shape index (κ2) is 4.12. The van der Waals surface area contributed by atoms with Crippen LogP contribution in [-0.4, -0.2) is 27.2 Å². The zero-order valence-corrected chi connectivity index (χ0v) is 7.09. The van der Waals surface area contributed by atoms with E-state index in [-0.39, 0.29) is 5.69 Å². The van der Waals surface area contributed by atoms with Crippen LogP contribution in [0.5, 0.6) is 0 Å². The van der Waals surface area contributed by atoms with Gasteiger partial charge in [-0.1, -0.05) is 0 Å². The van der Waals surface area contributed by atoms with Gasteiger partial charge in [-0.25, -0.2) is 4.39 Å². The summed E-state index contributed by atoms with van der Waals surface area (Å²) < 4.78 is 12.4. The normalized spacial score (nSPS) is 14.8. The molecule has 4 N–H and O–H groups in total. The molecule has 1 aromatic rings. The van der Waals surface area contributed by atoms with Gasteiger partial charge >= 0.3 is 0 Å². The zero-order valence-electron chi connectivity index (χ0n) is 7.09. The van der Waals surface area contributed by atoms with Gasteiger partial charge < -0.3 is 15.9 Å². The lowest BCUT2D eigenvalue weighted by atomic mass is 10.1. The number of carbonyl (C=O) groups excluding carboxylic acids is 1. The lowest BCUT2D eigenvalue weighted by Gasteiger charge is -2.13. The van der Waals surface area contributed by atoms with E-state index in [2.05, 4.69) is 4.98 Å². The quantitative estimate of drug-likeness (QED) is 0.589. The lowest BCUT2D eigenvalue weighted by Crippen LogP contribution is -2.34. The molecule has 1 rings (SSSR count). The summed E-state index contributed by atoms with van der Waals surface area (Å²) in [5, 5.41) is 18.4. The number of amides is 1. The first-order valence-corrected chi connectivity index (χ1v) is 3.79. The molecule has 0 aliphatic carbocycles. The van der Waals surface area contributed by atoms with Crippen LogP contribution in [0.2, 0.25) is 0 Å². The molecular weight excluding hydrogens is 191 g/mol. The molecule has 0 radical (unpaired) electrons. The summed E-state index contributed by atoms with van der Waals surface area (Å²) in [7, 11) is 0. The summed E-state index contributed by atoms with van der Waals surface area (Å²) in [5.74, 6) is -1.64. The van der Waals surface area contributed by atoms with Crippen molar-refractivity contribution >= 4 is 5.91 Å². The summed E-state index contributed by atoms with van der Waals surface area (Å²) in [6.07, 6.45) is -2.41. The number of primary amides is 1. The van der Waals surface area contributed by atoms with Crippen molar-refractivity contribution in [3.05, 3.63) is 29.8 Å². The SMILES string of the molecule is NC(=O)C(O)C(O)c1ccc(F)cn1. The molecule has 0 saturated carbocycles. The number of nitrogens with zero attached hydrogens (tertiary/aromatic N) is 1. The van der Waals surface area contributed by atoms with Crippen molar-refractivity contribution in [1.82, 2.24) is 4.98 Å². The van der Waals surface area contributed by atoms with Crippen LogP contribution in [0.15, 0.2) is 18.3 Å². The molecule has 1 amide bonds. The van der Waals surface area contributed by atoms with Crippen molar-refractivity contribution in [1.29, 1.82) is 0 Å². The van der Waals surface area contributed by atoms with E-state index in [0.29, 0.717) is 0 Å². The Balaban J connectivity index is 2.84. The highest BCUT2D eigenvalue weighted by Gasteiger charge is 2.24. The van der Waals surface area contributed by atoms with Crippen molar-refractivity contribution in [2.45, 2.75) is 12.2 Å². The summed E-state index contributed by atoms with van der Waals surface area (Å²) in [4.78, 5) is 14.0. The molecule has 14 heavy (non-hydrogen) atoms. The number of hydrogen-bond donors (Lipinski definition) is 3. The van der Waals surface area contributed by atoms with Gasteiger partial charge in [-0.3, -0.25) is 9.78 Å². The fourth-order valence-electron chi connectivity index (χ4n) is 0.880. The lowest BCUT2D eigenvalue weighted by molar-refractivity contribution is -0.132. The molecule has 2 unspecified atom stereocenters. The van der Waals surface area contributed by atoms with Crippen LogP contribution in [0.3, 0.4) is 0 Å². The Kier molecular flexibility index (Phi) is 3.10. The van der Waals surface area contributed by atoms with Crippen molar-refractivity contribution in [2.75, 3.05) is 0 Å². The van der Waals surface area contributed by atoms with Gasteiger partial charge in [-0.15, -0.1) is 0 Å². The summed E-state index contributed by atoms with van der Waals surface area (Å²) in [6, 6.07) is 2.21. The molecule has 2 atom stereocenters. The van der Waals surface area contributed by atoms with Crippen LogP contribution in [0, 0.1) is 5.82 Å². The Morgan fingerprint density at radius 1 is 1.50 bits per heavy atom. The third-order valence-corrected chi connectivity index (χ3v) is 1.64. The molecule has 1 heterocycles. The predicted octanol–water partition coefficient (Wildman–Crippen LogP) is -0.900. The molecule has 0 spiro atoms. The van der Waals surface area contributed by atoms with Crippen LogP contribution in [0.25, 0.3) is 0 Å². The van der Waals surface area contributed by atoms with E-state index in [9.17, 15) is 14.3 Å². The Morgan fingerprint density at radius 2 is 2.14 bits per heavy atom. The molecule has 76 valence electrons. The van der Waals surface area contributed by atoms with E-state index in [0.717, 1.165) is 18.3 Å². The first kappa shape index (κ1) is 10.6. The first-order chi connectivity index (χ1) is 6.52. The van der Waals surface area contributed by atoms with Crippen LogP contribution in [-0.2, 0) is 4.79 Å². The number of rotatable bonds is 3. The number of hydrogen-bond acceptors (Lipinski definition) is 4. The number of aliphatic hydroxyl groups excluding tert-OH is 2. The molecule has 0 saturated heterocycles. The number of aromatic nitrogens is 1. The maximum Gasteiger partial charge on any atom is 0.249 e. The van der Waals surface area contributed by atoms with Crippen LogP contribution in [0.1, 0.15) is 11.8 Å². The number of halogens is 1. The van der Waals surface area contributed by atoms with E-state index in [1.165, 1.54) is 0 Å². The molecular formula is C8H9FN2O3. The minimum Gasteiger partial charge on any atom is -0.384 e. The Bertz CT molecular complexity index is 328. The van der Waals surface area contributed by atoms with Crippen molar-refractivity contribution in [3.63, 3.8) is 0 Å². The number of carbonyl (C=O) groups is 1. The molecule has 1 aromatic heterocycles. The van der Waals surface area contributed by atoms with E-state index < -0.39 is 23.9 Å². The maximum absolute atomic E-state index is 12.4. The Morgan fingerprint density at radius 3 is 2.57 bits per heavy atom. The van der Waals surface area contributed by atoms with E-state index in [1.54, 1.807) is 0 Å². The van der Waals surface area contributed by atoms with E-state index in [4.69, 9.17) is 10.8 Å². The van der Waals surface area contributed by atoms with Gasteiger partial charge in [0.25, 0.3) is 0 Å². The molecule has 0 aliphatic rings. The van der Waals surface area contributed by atoms with Gasteiger partial charge in [0.2, 0.25) is 5.91 Å². The fraction of sp³-hybridized carbons (Fsp3) is 0.250. The number of pyridine rings is 1. The Hall–Kier alpha value is -1.53. The second-order valence-electron chi connectivity index (χ2n) is 2.69. The average Bonchev–Trinajstić information content (AvgIpc) is 2.16. The number of nitrogens with two attached hydrogens (primary N) is 1. The molecule has 6 heteroatoms. The largest absolute Gasteiger partial charge is 0.384 e. The number of aliphatic hydroxyl groups is 2. The topological polar surface area (TPSA) is 96.4 Å². The first-order valence-electron chi connectivity index (χ1n) is 3.79. The van der Waals surface area contributed by atoms with Gasteiger partial charge in [0, 0.05) is 0 Å². The standard InChI is InChI=1S/C8H9FN2O3/c9-4-1-2-5(11-3-4)6(12)7(13)8(10)14/h1-3,6-7,12-13H,(H2,10,14). The van der Waals surface area contributed by atoms with Gasteiger partial charge in [-0.2, -0.15) is 0 Å². The minimum absolute atomic E-state index is 0.0160. The van der Waals surface area contributed by atoms with Gasteiger partial charge in [0.05, 0.1) is 11.9 Å². The second-order valence-corrected chi connectivity index (χ2v) is 2.69. The predicted molar refractivity (Wildman–Crippen MR) is 44.4 cm³/mol. The highest BCUT2D eigenvalue weighted by Crippen LogP contribution is 2.14. The van der Waals surface area contributed by atoms with Crippen LogP contribution in [0.4, 0.5) is 4.39 Å². The molecule has 5 nitrogen and oxygen atoms in total. The third-order valence-electron chi connectivity index (χ3n) is 1.64. The van der Waals surface area contributed by atoms with Crippen molar-refractivity contribution in [2.24, 2.45) is 5.73 Å². The monoisotopic (exact) mass is 200 g/mol. The van der Waals surface area contributed by atoms with Gasteiger partial charge in [-0.05, 0) is 12.1 Å². The maximum atomic E-state index is 12.4. The molecule has 0 fully saturated rings. The highest BCUT2D eigenvalue weighted by atomic mass is 19.1. The Labute approximate surface area is 79.0 Å². The van der Waals surface area contributed by atoms with Crippen LogP contribution >= 0.6 is 0 Å². The summed E-state index contributed by atoms with van der Waals surface area (Å²) in [6.45, 7) is 0. The summed E-state index contributed by atoms with van der Waals surface area (Å²) >= 11 is 0. The van der Waals surface area contributed by atoms with Crippen LogP contribution < -0.4 is 5.73 Å².